The molecule has 0 saturated carbocycles. The maximum atomic E-state index is 12.2. The Kier molecular flexibility index (Phi) is 6.36. The third-order valence-corrected chi connectivity index (χ3v) is 4.44. The van der Waals surface area contributed by atoms with Crippen LogP contribution in [0.4, 0.5) is 0 Å². The van der Waals surface area contributed by atoms with E-state index in [2.05, 4.69) is 21.8 Å². The number of amides is 2. The minimum absolute atomic E-state index is 0.0856. The Morgan fingerprint density at radius 3 is 3.00 bits per heavy atom. The van der Waals surface area contributed by atoms with Crippen LogP contribution in [0.3, 0.4) is 0 Å². The van der Waals surface area contributed by atoms with Gasteiger partial charge in [0.2, 0.25) is 11.8 Å². The molecule has 0 aliphatic carbocycles. The van der Waals surface area contributed by atoms with E-state index in [-0.39, 0.29) is 11.8 Å². The maximum absolute atomic E-state index is 12.2. The predicted octanol–water partition coefficient (Wildman–Crippen LogP) is 1.13. The molecule has 2 amide bonds. The molecule has 0 bridgehead atoms. The molecule has 1 unspecified atom stereocenters. The summed E-state index contributed by atoms with van der Waals surface area (Å²) >= 11 is 0. The van der Waals surface area contributed by atoms with Crippen LogP contribution in [0.5, 0.6) is 0 Å². The van der Waals surface area contributed by atoms with E-state index < -0.39 is 6.04 Å². The van der Waals surface area contributed by atoms with Crippen molar-refractivity contribution >= 4 is 11.8 Å². The summed E-state index contributed by atoms with van der Waals surface area (Å²) in [6.45, 7) is 5.13. The highest BCUT2D eigenvalue weighted by Crippen LogP contribution is 2.16. The number of rotatable bonds is 6. The molecular weight excluding hydrogens is 306 g/mol. The molecule has 24 heavy (non-hydrogen) atoms. The lowest BCUT2D eigenvalue weighted by Gasteiger charge is -2.15. The summed E-state index contributed by atoms with van der Waals surface area (Å²) in [6.07, 6.45) is 3.92. The molecular formula is C17H25N5O2. The zero-order valence-electron chi connectivity index (χ0n) is 14.4. The van der Waals surface area contributed by atoms with E-state index in [1.54, 1.807) is 0 Å². The Labute approximate surface area is 142 Å². The Hall–Kier alpha value is -2.36. The molecule has 1 aliphatic heterocycles. The SMILES string of the molecule is Cc1nn(CCC#N)c(C)c1CCC(=O)NC1CCCCNC1=O. The molecule has 130 valence electrons. The lowest BCUT2D eigenvalue weighted by Crippen LogP contribution is -2.45. The van der Waals surface area contributed by atoms with Crippen LogP contribution in [-0.4, -0.2) is 34.2 Å². The van der Waals surface area contributed by atoms with Crippen LogP contribution in [0.2, 0.25) is 0 Å². The van der Waals surface area contributed by atoms with Crippen molar-refractivity contribution in [3.8, 4) is 6.07 Å². The molecule has 1 fully saturated rings. The van der Waals surface area contributed by atoms with Gasteiger partial charge in [0.05, 0.1) is 24.7 Å². The lowest BCUT2D eigenvalue weighted by atomic mass is 10.1. The smallest absolute Gasteiger partial charge is 0.242 e. The number of nitrogens with one attached hydrogen (secondary N) is 2. The Morgan fingerprint density at radius 1 is 1.46 bits per heavy atom. The lowest BCUT2D eigenvalue weighted by molar-refractivity contribution is -0.128. The fraction of sp³-hybridized carbons (Fsp3) is 0.647. The van der Waals surface area contributed by atoms with Crippen LogP contribution in [-0.2, 0) is 22.6 Å². The first-order valence-electron chi connectivity index (χ1n) is 8.50. The Morgan fingerprint density at radius 2 is 2.25 bits per heavy atom. The molecule has 2 rings (SSSR count). The number of aryl methyl sites for hydroxylation is 2. The van der Waals surface area contributed by atoms with Crippen molar-refractivity contribution in [1.82, 2.24) is 20.4 Å². The number of hydrogen-bond donors (Lipinski definition) is 2. The van der Waals surface area contributed by atoms with Gasteiger partial charge in [0.25, 0.3) is 0 Å². The van der Waals surface area contributed by atoms with E-state index in [0.29, 0.717) is 38.8 Å². The molecule has 1 aromatic heterocycles. The molecule has 2 N–H and O–H groups in total. The molecule has 1 aliphatic rings. The van der Waals surface area contributed by atoms with E-state index in [9.17, 15) is 9.59 Å². The average molecular weight is 331 g/mol. The van der Waals surface area contributed by atoms with Gasteiger partial charge in [-0.3, -0.25) is 14.3 Å². The molecule has 1 saturated heterocycles. The van der Waals surface area contributed by atoms with Gasteiger partial charge in [0, 0.05) is 18.7 Å². The van der Waals surface area contributed by atoms with Crippen LogP contribution in [0.15, 0.2) is 0 Å². The number of nitriles is 1. The minimum atomic E-state index is -0.416. The molecule has 7 heteroatoms. The highest BCUT2D eigenvalue weighted by molar-refractivity contribution is 5.87. The van der Waals surface area contributed by atoms with Gasteiger partial charge in [0.15, 0.2) is 0 Å². The number of carbonyl (C=O) groups excluding carboxylic acids is 2. The van der Waals surface area contributed by atoms with E-state index >= 15 is 0 Å². The maximum Gasteiger partial charge on any atom is 0.242 e. The second kappa shape index (κ2) is 8.48. The molecule has 0 spiro atoms. The van der Waals surface area contributed by atoms with Crippen LogP contribution in [0.25, 0.3) is 0 Å². The molecule has 7 nitrogen and oxygen atoms in total. The summed E-state index contributed by atoms with van der Waals surface area (Å²) in [5, 5.41) is 18.8. The first-order valence-corrected chi connectivity index (χ1v) is 8.50. The van der Waals surface area contributed by atoms with Crippen molar-refractivity contribution in [2.75, 3.05) is 6.54 Å². The fourth-order valence-corrected chi connectivity index (χ4v) is 3.05. The Balaban J connectivity index is 1.90. The van der Waals surface area contributed by atoms with Crippen LogP contribution >= 0.6 is 0 Å². The van der Waals surface area contributed by atoms with Gasteiger partial charge in [-0.2, -0.15) is 10.4 Å². The molecule has 0 aromatic carbocycles. The van der Waals surface area contributed by atoms with Crippen molar-refractivity contribution in [3.63, 3.8) is 0 Å². The molecule has 2 heterocycles. The number of aromatic nitrogens is 2. The third-order valence-electron chi connectivity index (χ3n) is 4.44. The number of carbonyl (C=O) groups is 2. The van der Waals surface area contributed by atoms with Gasteiger partial charge >= 0.3 is 0 Å². The van der Waals surface area contributed by atoms with Crippen molar-refractivity contribution in [3.05, 3.63) is 17.0 Å². The van der Waals surface area contributed by atoms with Gasteiger partial charge in [0.1, 0.15) is 6.04 Å². The van der Waals surface area contributed by atoms with Gasteiger partial charge in [-0.1, -0.05) is 0 Å². The van der Waals surface area contributed by atoms with E-state index in [1.165, 1.54) is 0 Å². The molecule has 1 atom stereocenters. The van der Waals surface area contributed by atoms with Crippen molar-refractivity contribution < 1.29 is 9.59 Å². The standard InChI is InChI=1S/C17H25N5O2/c1-12-14(13(2)22(21-12)11-5-9-18)7-8-16(23)20-15-6-3-4-10-19-17(15)24/h15H,3-8,10-11H2,1-2H3,(H,19,24)(H,20,23). The normalized spacial score (nSPS) is 17.7. The predicted molar refractivity (Wildman–Crippen MR) is 89.0 cm³/mol. The first-order chi connectivity index (χ1) is 11.5. The number of nitrogens with zero attached hydrogens (tertiary/aromatic N) is 3. The zero-order chi connectivity index (χ0) is 17.5. The van der Waals surface area contributed by atoms with Gasteiger partial charge in [-0.05, 0) is 45.1 Å². The summed E-state index contributed by atoms with van der Waals surface area (Å²) in [5.74, 6) is -0.196. The van der Waals surface area contributed by atoms with Gasteiger partial charge < -0.3 is 10.6 Å². The first kappa shape index (κ1) is 18.0. The highest BCUT2D eigenvalue weighted by atomic mass is 16.2. The van der Waals surface area contributed by atoms with Crippen molar-refractivity contribution in [2.45, 2.75) is 65.0 Å². The van der Waals surface area contributed by atoms with Gasteiger partial charge in [-0.25, -0.2) is 0 Å². The summed E-state index contributed by atoms with van der Waals surface area (Å²) < 4.78 is 1.82. The summed E-state index contributed by atoms with van der Waals surface area (Å²) in [5.41, 5.74) is 2.95. The van der Waals surface area contributed by atoms with Crippen molar-refractivity contribution in [2.24, 2.45) is 0 Å². The van der Waals surface area contributed by atoms with E-state index in [1.807, 2.05) is 18.5 Å². The number of hydrogen-bond acceptors (Lipinski definition) is 4. The third kappa shape index (κ3) is 4.57. The second-order valence-electron chi connectivity index (χ2n) is 6.19. The molecule has 0 radical (unpaired) electrons. The quantitative estimate of drug-likeness (QED) is 0.816. The summed E-state index contributed by atoms with van der Waals surface area (Å²) in [4.78, 5) is 24.1. The second-order valence-corrected chi connectivity index (χ2v) is 6.19. The fourth-order valence-electron chi connectivity index (χ4n) is 3.05. The van der Waals surface area contributed by atoms with Crippen LogP contribution in [0, 0.1) is 25.2 Å². The van der Waals surface area contributed by atoms with E-state index in [0.717, 1.165) is 29.8 Å². The molecule has 1 aromatic rings. The minimum Gasteiger partial charge on any atom is -0.354 e. The zero-order valence-corrected chi connectivity index (χ0v) is 14.4. The van der Waals surface area contributed by atoms with Crippen LogP contribution < -0.4 is 10.6 Å². The summed E-state index contributed by atoms with van der Waals surface area (Å²) in [6, 6.07) is 1.70. The largest absolute Gasteiger partial charge is 0.354 e. The van der Waals surface area contributed by atoms with Crippen molar-refractivity contribution in [1.29, 1.82) is 5.26 Å². The van der Waals surface area contributed by atoms with Gasteiger partial charge in [-0.15, -0.1) is 0 Å². The topological polar surface area (TPSA) is 99.8 Å². The monoisotopic (exact) mass is 331 g/mol. The summed E-state index contributed by atoms with van der Waals surface area (Å²) in [7, 11) is 0. The Bertz CT molecular complexity index is 644. The van der Waals surface area contributed by atoms with E-state index in [4.69, 9.17) is 5.26 Å². The average Bonchev–Trinajstić information content (AvgIpc) is 2.69. The highest BCUT2D eigenvalue weighted by Gasteiger charge is 2.22. The van der Waals surface area contributed by atoms with Crippen LogP contribution in [0.1, 0.15) is 49.1 Å².